The second-order valence-electron chi connectivity index (χ2n) is 8.06. The molecule has 0 bridgehead atoms. The molecule has 1 heterocycles. The fourth-order valence-electron chi connectivity index (χ4n) is 3.75. The van der Waals surface area contributed by atoms with Crippen molar-refractivity contribution in [2.24, 2.45) is 16.8 Å². The van der Waals surface area contributed by atoms with E-state index in [9.17, 15) is 0 Å². The topological polar surface area (TPSA) is 40.1 Å². The summed E-state index contributed by atoms with van der Waals surface area (Å²) in [6, 6.07) is 8.25. The Morgan fingerprint density at radius 1 is 1.33 bits per heavy atom. The first-order valence-corrected chi connectivity index (χ1v) is 10.4. The Kier molecular flexibility index (Phi) is 8.92. The molecular weight excluding hydrogens is 336 g/mol. The van der Waals surface area contributed by atoms with Gasteiger partial charge in [-0.1, -0.05) is 26.0 Å². The van der Waals surface area contributed by atoms with Crippen LogP contribution in [0.25, 0.3) is 0 Å². The molecule has 1 aromatic rings. The van der Waals surface area contributed by atoms with Gasteiger partial charge < -0.3 is 19.9 Å². The third-order valence-electron chi connectivity index (χ3n) is 5.00. The van der Waals surface area contributed by atoms with Gasteiger partial charge in [0, 0.05) is 39.8 Å². The van der Waals surface area contributed by atoms with E-state index in [1.54, 1.807) is 7.11 Å². The van der Waals surface area contributed by atoms with E-state index in [1.165, 1.54) is 38.0 Å². The summed E-state index contributed by atoms with van der Waals surface area (Å²) < 4.78 is 5.24. The SMILES string of the molecule is CCNC(=NCC1CCCN(CC(C)C)C1)N(C)Cc1ccc(OC)cc1. The van der Waals surface area contributed by atoms with E-state index in [1.807, 2.05) is 12.1 Å². The monoisotopic (exact) mass is 374 g/mol. The van der Waals surface area contributed by atoms with E-state index in [0.29, 0.717) is 5.92 Å². The summed E-state index contributed by atoms with van der Waals surface area (Å²) in [7, 11) is 3.81. The van der Waals surface area contributed by atoms with Crippen LogP contribution >= 0.6 is 0 Å². The minimum absolute atomic E-state index is 0.667. The highest BCUT2D eigenvalue weighted by molar-refractivity contribution is 5.79. The van der Waals surface area contributed by atoms with Crippen molar-refractivity contribution in [3.63, 3.8) is 0 Å². The van der Waals surface area contributed by atoms with Gasteiger partial charge in [0.05, 0.1) is 7.11 Å². The van der Waals surface area contributed by atoms with Gasteiger partial charge in [-0.15, -0.1) is 0 Å². The molecular formula is C22H38N4O. The molecule has 2 rings (SSSR count). The number of benzene rings is 1. The minimum atomic E-state index is 0.667. The Morgan fingerprint density at radius 2 is 2.07 bits per heavy atom. The lowest BCUT2D eigenvalue weighted by atomic mass is 9.97. The van der Waals surface area contributed by atoms with Gasteiger partial charge in [0.15, 0.2) is 5.96 Å². The molecule has 1 saturated heterocycles. The summed E-state index contributed by atoms with van der Waals surface area (Å²) in [4.78, 5) is 9.78. The zero-order valence-corrected chi connectivity index (χ0v) is 17.9. The van der Waals surface area contributed by atoms with Crippen molar-refractivity contribution in [3.05, 3.63) is 29.8 Å². The molecule has 27 heavy (non-hydrogen) atoms. The highest BCUT2D eigenvalue weighted by Gasteiger charge is 2.20. The van der Waals surface area contributed by atoms with Crippen molar-refractivity contribution < 1.29 is 4.74 Å². The molecule has 0 radical (unpaired) electrons. The first kappa shape index (κ1) is 21.5. The van der Waals surface area contributed by atoms with Crippen molar-refractivity contribution in [3.8, 4) is 5.75 Å². The Balaban J connectivity index is 1.93. The zero-order chi connectivity index (χ0) is 19.6. The summed E-state index contributed by atoms with van der Waals surface area (Å²) >= 11 is 0. The molecule has 0 spiro atoms. The lowest BCUT2D eigenvalue weighted by Crippen LogP contribution is -2.41. The van der Waals surface area contributed by atoms with E-state index in [4.69, 9.17) is 9.73 Å². The van der Waals surface area contributed by atoms with Crippen molar-refractivity contribution >= 4 is 5.96 Å². The maximum absolute atomic E-state index is 5.24. The number of hydrogen-bond acceptors (Lipinski definition) is 3. The Bertz CT molecular complexity index is 570. The van der Waals surface area contributed by atoms with Crippen LogP contribution in [0.5, 0.6) is 5.75 Å². The lowest BCUT2D eigenvalue weighted by molar-refractivity contribution is 0.162. The molecule has 1 atom stereocenters. The Hall–Kier alpha value is -1.75. The van der Waals surface area contributed by atoms with Crippen molar-refractivity contribution in [1.29, 1.82) is 0 Å². The van der Waals surface area contributed by atoms with Crippen molar-refractivity contribution in [2.75, 3.05) is 46.9 Å². The lowest BCUT2D eigenvalue weighted by Gasteiger charge is -2.33. The fourth-order valence-corrected chi connectivity index (χ4v) is 3.75. The molecule has 1 aromatic carbocycles. The van der Waals surface area contributed by atoms with Gasteiger partial charge in [-0.2, -0.15) is 0 Å². The van der Waals surface area contributed by atoms with Gasteiger partial charge in [-0.05, 0) is 55.8 Å². The van der Waals surface area contributed by atoms with Crippen LogP contribution in [0, 0.1) is 11.8 Å². The van der Waals surface area contributed by atoms with E-state index in [2.05, 4.69) is 55.1 Å². The van der Waals surface area contributed by atoms with Crippen LogP contribution in [0.4, 0.5) is 0 Å². The van der Waals surface area contributed by atoms with Gasteiger partial charge in [0.2, 0.25) is 0 Å². The molecule has 1 aliphatic rings. The number of piperidine rings is 1. The fraction of sp³-hybridized carbons (Fsp3) is 0.682. The van der Waals surface area contributed by atoms with Crippen LogP contribution in [0.15, 0.2) is 29.3 Å². The predicted octanol–water partition coefficient (Wildman–Crippen LogP) is 3.46. The third-order valence-corrected chi connectivity index (χ3v) is 5.00. The number of hydrogen-bond donors (Lipinski definition) is 1. The Morgan fingerprint density at radius 3 is 2.70 bits per heavy atom. The Labute approximate surface area is 165 Å². The quantitative estimate of drug-likeness (QED) is 0.559. The standard InChI is InChI=1S/C22H38N4O/c1-6-23-22(25(4)16-19-9-11-21(27-5)12-10-19)24-14-20-8-7-13-26(17-20)15-18(2)3/h9-12,18,20H,6-8,13-17H2,1-5H3,(H,23,24). The summed E-state index contributed by atoms with van der Waals surface area (Å²) in [5, 5.41) is 3.45. The highest BCUT2D eigenvalue weighted by atomic mass is 16.5. The second kappa shape index (κ2) is 11.2. The molecule has 0 amide bonds. The van der Waals surface area contributed by atoms with Crippen LogP contribution in [0.3, 0.4) is 0 Å². The summed E-state index contributed by atoms with van der Waals surface area (Å²) in [6.07, 6.45) is 2.59. The number of aliphatic imine (C=N–C) groups is 1. The molecule has 0 aliphatic carbocycles. The first-order chi connectivity index (χ1) is 13.0. The molecule has 5 heteroatoms. The average Bonchev–Trinajstić information content (AvgIpc) is 2.65. The number of rotatable bonds is 8. The van der Waals surface area contributed by atoms with Gasteiger partial charge in [0.1, 0.15) is 5.75 Å². The molecule has 0 saturated carbocycles. The normalized spacial score (nSPS) is 18.6. The number of nitrogens with zero attached hydrogens (tertiary/aromatic N) is 3. The van der Waals surface area contributed by atoms with E-state index < -0.39 is 0 Å². The smallest absolute Gasteiger partial charge is 0.193 e. The van der Waals surface area contributed by atoms with Crippen molar-refractivity contribution in [1.82, 2.24) is 15.1 Å². The molecule has 5 nitrogen and oxygen atoms in total. The molecule has 152 valence electrons. The summed E-state index contributed by atoms with van der Waals surface area (Å²) in [6.45, 7) is 13.0. The average molecular weight is 375 g/mol. The molecule has 0 aromatic heterocycles. The van der Waals surface area contributed by atoms with E-state index in [0.717, 1.165) is 37.3 Å². The predicted molar refractivity (Wildman–Crippen MR) is 114 cm³/mol. The molecule has 1 aliphatic heterocycles. The maximum atomic E-state index is 5.24. The third kappa shape index (κ3) is 7.41. The maximum Gasteiger partial charge on any atom is 0.193 e. The largest absolute Gasteiger partial charge is 0.497 e. The number of nitrogens with one attached hydrogen (secondary N) is 1. The van der Waals surface area contributed by atoms with Crippen LogP contribution in [-0.4, -0.2) is 62.6 Å². The first-order valence-electron chi connectivity index (χ1n) is 10.4. The zero-order valence-electron chi connectivity index (χ0n) is 17.9. The number of guanidine groups is 1. The second-order valence-corrected chi connectivity index (χ2v) is 8.06. The van der Waals surface area contributed by atoms with Gasteiger partial charge in [0.25, 0.3) is 0 Å². The van der Waals surface area contributed by atoms with Gasteiger partial charge in [-0.25, -0.2) is 0 Å². The minimum Gasteiger partial charge on any atom is -0.497 e. The molecule has 1 fully saturated rings. The summed E-state index contributed by atoms with van der Waals surface area (Å²) in [5.41, 5.74) is 1.25. The number of ether oxygens (including phenoxy) is 1. The molecule has 1 unspecified atom stereocenters. The molecule has 1 N–H and O–H groups in total. The van der Waals surface area contributed by atoms with Crippen LogP contribution in [-0.2, 0) is 6.54 Å². The van der Waals surface area contributed by atoms with Crippen LogP contribution in [0.2, 0.25) is 0 Å². The summed E-state index contributed by atoms with van der Waals surface area (Å²) in [5.74, 6) is 3.29. The van der Waals surface area contributed by atoms with Crippen LogP contribution < -0.4 is 10.1 Å². The number of likely N-dealkylation sites (tertiary alicyclic amines) is 1. The van der Waals surface area contributed by atoms with E-state index >= 15 is 0 Å². The van der Waals surface area contributed by atoms with Crippen LogP contribution in [0.1, 0.15) is 39.2 Å². The van der Waals surface area contributed by atoms with E-state index in [-0.39, 0.29) is 0 Å². The van der Waals surface area contributed by atoms with Gasteiger partial charge in [-0.3, -0.25) is 4.99 Å². The van der Waals surface area contributed by atoms with Crippen molar-refractivity contribution in [2.45, 2.75) is 40.2 Å². The van der Waals surface area contributed by atoms with Gasteiger partial charge >= 0.3 is 0 Å². The number of methoxy groups -OCH3 is 1. The highest BCUT2D eigenvalue weighted by Crippen LogP contribution is 2.18.